The van der Waals surface area contributed by atoms with Crippen molar-refractivity contribution in [3.63, 3.8) is 0 Å². The predicted octanol–water partition coefficient (Wildman–Crippen LogP) is 4.53. The average molecular weight is 289 g/mol. The zero-order valence-corrected chi connectivity index (χ0v) is 14.5. The normalized spacial score (nSPS) is 29.0. The fourth-order valence-electron chi connectivity index (χ4n) is 3.24. The lowest BCUT2D eigenvalue weighted by atomic mass is 9.61. The van der Waals surface area contributed by atoms with Gasteiger partial charge in [0, 0.05) is 17.9 Å². The van der Waals surface area contributed by atoms with Crippen LogP contribution < -0.4 is 10.1 Å². The van der Waals surface area contributed by atoms with Crippen LogP contribution in [0.15, 0.2) is 24.3 Å². The highest BCUT2D eigenvalue weighted by atomic mass is 16.5. The summed E-state index contributed by atoms with van der Waals surface area (Å²) in [6.45, 7) is 14.6. The third-order valence-corrected chi connectivity index (χ3v) is 5.17. The summed E-state index contributed by atoms with van der Waals surface area (Å²) in [5.41, 5.74) is 1.74. The highest BCUT2D eigenvalue weighted by Gasteiger charge is 2.51. The number of hydrogen-bond donors (Lipinski definition) is 1. The molecule has 1 aromatic rings. The summed E-state index contributed by atoms with van der Waals surface area (Å²) in [6.07, 6.45) is 2.58. The van der Waals surface area contributed by atoms with Gasteiger partial charge in [-0.1, -0.05) is 53.7 Å². The Morgan fingerprint density at radius 2 is 2.00 bits per heavy atom. The van der Waals surface area contributed by atoms with Crippen molar-refractivity contribution in [3.05, 3.63) is 29.8 Å². The van der Waals surface area contributed by atoms with Gasteiger partial charge in [0.25, 0.3) is 0 Å². The molecule has 0 aliphatic heterocycles. The molecule has 0 amide bonds. The molecule has 2 heteroatoms. The summed E-state index contributed by atoms with van der Waals surface area (Å²) in [7, 11) is 0. The smallest absolute Gasteiger partial charge is 0.120 e. The van der Waals surface area contributed by atoms with E-state index in [0.29, 0.717) is 12.1 Å². The topological polar surface area (TPSA) is 21.3 Å². The average Bonchev–Trinajstić information content (AvgIpc) is 2.44. The van der Waals surface area contributed by atoms with Gasteiger partial charge in [-0.25, -0.2) is 0 Å². The van der Waals surface area contributed by atoms with Gasteiger partial charge in [0.05, 0.1) is 0 Å². The van der Waals surface area contributed by atoms with Crippen LogP contribution in [0, 0.1) is 5.41 Å². The van der Waals surface area contributed by atoms with E-state index < -0.39 is 0 Å². The van der Waals surface area contributed by atoms with E-state index in [-0.39, 0.29) is 10.8 Å². The van der Waals surface area contributed by atoms with Gasteiger partial charge in [-0.3, -0.25) is 0 Å². The monoisotopic (exact) mass is 289 g/mol. The Balaban J connectivity index is 2.09. The molecule has 0 heterocycles. The second-order valence-corrected chi connectivity index (χ2v) is 7.59. The molecule has 3 unspecified atom stereocenters. The number of rotatable bonds is 5. The van der Waals surface area contributed by atoms with Crippen LogP contribution in [0.4, 0.5) is 0 Å². The van der Waals surface area contributed by atoms with Gasteiger partial charge in [0.1, 0.15) is 11.9 Å². The molecule has 2 rings (SSSR count). The molecule has 1 saturated carbocycles. The Kier molecular flexibility index (Phi) is 4.67. The van der Waals surface area contributed by atoms with Gasteiger partial charge in [-0.15, -0.1) is 0 Å². The highest BCUT2D eigenvalue weighted by molar-refractivity contribution is 5.33. The van der Waals surface area contributed by atoms with Crippen LogP contribution in [0.5, 0.6) is 5.75 Å². The molecule has 0 spiro atoms. The fourth-order valence-corrected chi connectivity index (χ4v) is 3.24. The van der Waals surface area contributed by atoms with E-state index >= 15 is 0 Å². The number of benzene rings is 1. The molecule has 118 valence electrons. The molecule has 21 heavy (non-hydrogen) atoms. The Morgan fingerprint density at radius 1 is 1.29 bits per heavy atom. The van der Waals surface area contributed by atoms with Crippen molar-refractivity contribution in [2.45, 2.75) is 71.9 Å². The molecule has 0 radical (unpaired) electrons. The summed E-state index contributed by atoms with van der Waals surface area (Å²) in [5.74, 6) is 1.02. The number of nitrogens with one attached hydrogen (secondary N) is 1. The van der Waals surface area contributed by atoms with Crippen molar-refractivity contribution in [1.82, 2.24) is 5.32 Å². The quantitative estimate of drug-likeness (QED) is 0.860. The summed E-state index contributed by atoms with van der Waals surface area (Å²) >= 11 is 0. The Labute approximate surface area is 130 Å². The van der Waals surface area contributed by atoms with E-state index in [1.54, 1.807) is 0 Å². The van der Waals surface area contributed by atoms with Crippen molar-refractivity contribution >= 4 is 0 Å². The molecule has 0 saturated heterocycles. The maximum atomic E-state index is 6.33. The van der Waals surface area contributed by atoms with E-state index in [4.69, 9.17) is 4.74 Å². The van der Waals surface area contributed by atoms with Crippen LogP contribution in [-0.4, -0.2) is 18.7 Å². The second-order valence-electron chi connectivity index (χ2n) is 7.59. The lowest BCUT2D eigenvalue weighted by Crippen LogP contribution is -2.63. The molecule has 3 atom stereocenters. The first kappa shape index (κ1) is 16.4. The van der Waals surface area contributed by atoms with E-state index in [0.717, 1.165) is 25.1 Å². The molecule has 1 fully saturated rings. The maximum Gasteiger partial charge on any atom is 0.120 e. The molecule has 0 aromatic heterocycles. The summed E-state index contributed by atoms with van der Waals surface area (Å²) in [5, 5.41) is 3.59. The molecular formula is C19H31NO. The highest BCUT2D eigenvalue weighted by Crippen LogP contribution is 2.46. The van der Waals surface area contributed by atoms with Crippen LogP contribution in [0.1, 0.15) is 59.9 Å². The second kappa shape index (κ2) is 6.00. The molecule has 2 nitrogen and oxygen atoms in total. The van der Waals surface area contributed by atoms with E-state index in [1.165, 1.54) is 5.56 Å². The summed E-state index contributed by atoms with van der Waals surface area (Å²) in [6, 6.07) is 9.18. The fraction of sp³-hybridized carbons (Fsp3) is 0.684. The van der Waals surface area contributed by atoms with Gasteiger partial charge in [0.15, 0.2) is 0 Å². The lowest BCUT2D eigenvalue weighted by Gasteiger charge is -2.53. The molecule has 1 aromatic carbocycles. The first-order chi connectivity index (χ1) is 9.81. The van der Waals surface area contributed by atoms with Gasteiger partial charge < -0.3 is 10.1 Å². The largest absolute Gasteiger partial charge is 0.490 e. The van der Waals surface area contributed by atoms with Crippen LogP contribution >= 0.6 is 0 Å². The van der Waals surface area contributed by atoms with Gasteiger partial charge in [0.2, 0.25) is 0 Å². The first-order valence-corrected chi connectivity index (χ1v) is 8.32. The molecular weight excluding hydrogens is 258 g/mol. The Hall–Kier alpha value is -1.02. The minimum atomic E-state index is 0.166. The van der Waals surface area contributed by atoms with Crippen molar-refractivity contribution in [2.24, 2.45) is 5.41 Å². The minimum absolute atomic E-state index is 0.166. The van der Waals surface area contributed by atoms with Crippen LogP contribution in [0.25, 0.3) is 0 Å². The molecule has 1 aliphatic carbocycles. The zero-order chi connectivity index (χ0) is 15.7. The summed E-state index contributed by atoms with van der Waals surface area (Å²) < 4.78 is 6.33. The standard InChI is InChI=1S/C19H31NO/c1-7-19(6)16(20-8-2)13-17(19)21-15-11-9-10-14(12-15)18(3,4)5/h9-12,16-17,20H,7-8,13H2,1-6H3. The van der Waals surface area contributed by atoms with Crippen molar-refractivity contribution in [2.75, 3.05) is 6.54 Å². The van der Waals surface area contributed by atoms with E-state index in [9.17, 15) is 0 Å². The van der Waals surface area contributed by atoms with Crippen LogP contribution in [-0.2, 0) is 5.41 Å². The van der Waals surface area contributed by atoms with Crippen molar-refractivity contribution < 1.29 is 4.74 Å². The van der Waals surface area contributed by atoms with Gasteiger partial charge >= 0.3 is 0 Å². The maximum absolute atomic E-state index is 6.33. The Bertz CT molecular complexity index is 477. The molecule has 1 N–H and O–H groups in total. The zero-order valence-electron chi connectivity index (χ0n) is 14.5. The number of ether oxygens (including phenoxy) is 1. The van der Waals surface area contributed by atoms with E-state index in [2.05, 4.69) is 71.1 Å². The molecule has 1 aliphatic rings. The first-order valence-electron chi connectivity index (χ1n) is 8.32. The molecule has 0 bridgehead atoms. The van der Waals surface area contributed by atoms with E-state index in [1.807, 2.05) is 0 Å². The third-order valence-electron chi connectivity index (χ3n) is 5.17. The van der Waals surface area contributed by atoms with Crippen LogP contribution in [0.3, 0.4) is 0 Å². The van der Waals surface area contributed by atoms with Crippen molar-refractivity contribution in [3.8, 4) is 5.75 Å². The SMILES string of the molecule is CCNC1CC(Oc2cccc(C(C)(C)C)c2)C1(C)CC. The Morgan fingerprint density at radius 3 is 2.57 bits per heavy atom. The minimum Gasteiger partial charge on any atom is -0.490 e. The third kappa shape index (κ3) is 3.26. The number of hydrogen-bond acceptors (Lipinski definition) is 2. The lowest BCUT2D eigenvalue weighted by molar-refractivity contribution is -0.0697. The van der Waals surface area contributed by atoms with Gasteiger partial charge in [-0.2, -0.15) is 0 Å². The van der Waals surface area contributed by atoms with Crippen LogP contribution in [0.2, 0.25) is 0 Å². The van der Waals surface area contributed by atoms with Gasteiger partial charge in [-0.05, 0) is 36.1 Å². The van der Waals surface area contributed by atoms with Crippen molar-refractivity contribution in [1.29, 1.82) is 0 Å². The predicted molar refractivity (Wildman–Crippen MR) is 90.0 cm³/mol. The summed E-state index contributed by atoms with van der Waals surface area (Å²) in [4.78, 5) is 0.